The summed E-state index contributed by atoms with van der Waals surface area (Å²) in [6, 6.07) is 26.8. The Kier molecular flexibility index (Phi) is 6.86. The smallest absolute Gasteiger partial charge is 0.162 e. The van der Waals surface area contributed by atoms with E-state index in [1.54, 1.807) is 7.11 Å². The Balaban J connectivity index is 1.19. The lowest BCUT2D eigenvalue weighted by molar-refractivity contribution is 0.257. The summed E-state index contributed by atoms with van der Waals surface area (Å²) in [5.74, 6) is 2.44. The van der Waals surface area contributed by atoms with Crippen molar-refractivity contribution in [1.29, 1.82) is 0 Å². The number of piperazine rings is 1. The molecule has 1 N–H and O–H groups in total. The highest BCUT2D eigenvalue weighted by molar-refractivity contribution is 5.90. The lowest BCUT2D eigenvalue weighted by atomic mass is 10.1. The zero-order valence-corrected chi connectivity index (χ0v) is 19.7. The third-order valence-electron chi connectivity index (χ3n) is 6.39. The number of methoxy groups -OCH3 is 1. The number of ether oxygens (including phenoxy) is 1. The van der Waals surface area contributed by atoms with Gasteiger partial charge in [-0.15, -0.1) is 0 Å². The summed E-state index contributed by atoms with van der Waals surface area (Å²) in [6.07, 6.45) is 1.07. The maximum Gasteiger partial charge on any atom is 0.162 e. The molecular weight excluding hydrogens is 422 g/mol. The highest BCUT2D eigenvalue weighted by atomic mass is 16.5. The molecule has 2 heterocycles. The number of hydrogen-bond acceptors (Lipinski definition) is 6. The average Bonchev–Trinajstić information content (AvgIpc) is 2.92. The Bertz CT molecular complexity index is 1200. The first-order valence-corrected chi connectivity index (χ1v) is 12.0. The maximum atomic E-state index is 5.28. The molecule has 0 radical (unpaired) electrons. The normalized spacial score (nSPS) is 14.3. The third kappa shape index (κ3) is 5.13. The van der Waals surface area contributed by atoms with Crippen molar-refractivity contribution in [2.24, 2.45) is 0 Å². The fraction of sp³-hybridized carbons (Fsp3) is 0.286. The number of nitrogens with zero attached hydrogens (tertiary/aromatic N) is 4. The van der Waals surface area contributed by atoms with Gasteiger partial charge in [-0.1, -0.05) is 30.3 Å². The van der Waals surface area contributed by atoms with Crippen LogP contribution in [-0.2, 0) is 0 Å². The lowest BCUT2D eigenvalue weighted by Gasteiger charge is -2.36. The van der Waals surface area contributed by atoms with Crippen LogP contribution < -0.4 is 15.0 Å². The maximum absolute atomic E-state index is 5.28. The van der Waals surface area contributed by atoms with Gasteiger partial charge in [0.15, 0.2) is 5.82 Å². The van der Waals surface area contributed by atoms with Crippen LogP contribution in [-0.4, -0.2) is 61.2 Å². The summed E-state index contributed by atoms with van der Waals surface area (Å²) >= 11 is 0. The van der Waals surface area contributed by atoms with Crippen LogP contribution in [0.25, 0.3) is 22.3 Å². The standard InChI is InChI=1S/C28H31N5O/c1-34-24-14-12-22(13-15-24)27-30-26-11-6-5-10-25(26)28(31-27)29-16-7-17-32-18-20-33(21-19-32)23-8-3-2-4-9-23/h2-6,8-15H,7,16-21H2,1H3,(H,29,30,31). The van der Waals surface area contributed by atoms with Crippen molar-refractivity contribution in [3.63, 3.8) is 0 Å². The molecule has 0 saturated carbocycles. The fourth-order valence-electron chi connectivity index (χ4n) is 4.46. The van der Waals surface area contributed by atoms with Crippen molar-refractivity contribution in [2.75, 3.05) is 56.6 Å². The van der Waals surface area contributed by atoms with Crippen molar-refractivity contribution in [1.82, 2.24) is 14.9 Å². The van der Waals surface area contributed by atoms with Crippen molar-refractivity contribution >= 4 is 22.4 Å². The number of anilines is 2. The highest BCUT2D eigenvalue weighted by Crippen LogP contribution is 2.26. The lowest BCUT2D eigenvalue weighted by Crippen LogP contribution is -2.46. The summed E-state index contributed by atoms with van der Waals surface area (Å²) in [4.78, 5) is 14.7. The van der Waals surface area contributed by atoms with Gasteiger partial charge in [0, 0.05) is 49.4 Å². The zero-order valence-electron chi connectivity index (χ0n) is 19.7. The number of para-hydroxylation sites is 2. The predicted octanol–water partition coefficient (Wildman–Crippen LogP) is 4.93. The van der Waals surface area contributed by atoms with Crippen LogP contribution in [0.15, 0.2) is 78.9 Å². The minimum atomic E-state index is 0.723. The van der Waals surface area contributed by atoms with Crippen LogP contribution in [0.4, 0.5) is 11.5 Å². The van der Waals surface area contributed by atoms with Gasteiger partial charge in [0.05, 0.1) is 12.6 Å². The van der Waals surface area contributed by atoms with Gasteiger partial charge in [0.2, 0.25) is 0 Å². The molecule has 0 aliphatic carbocycles. The molecule has 0 bridgehead atoms. The molecule has 1 fully saturated rings. The molecule has 5 rings (SSSR count). The largest absolute Gasteiger partial charge is 0.497 e. The Morgan fingerprint density at radius 3 is 2.32 bits per heavy atom. The van der Waals surface area contributed by atoms with E-state index in [1.165, 1.54) is 5.69 Å². The summed E-state index contributed by atoms with van der Waals surface area (Å²) in [5.41, 5.74) is 3.25. The van der Waals surface area contributed by atoms with E-state index >= 15 is 0 Å². The molecule has 3 aromatic carbocycles. The first-order chi connectivity index (χ1) is 16.8. The van der Waals surface area contributed by atoms with Gasteiger partial charge in [0.1, 0.15) is 11.6 Å². The minimum Gasteiger partial charge on any atom is -0.497 e. The van der Waals surface area contributed by atoms with E-state index in [-0.39, 0.29) is 0 Å². The Hall–Kier alpha value is -3.64. The number of benzene rings is 3. The molecule has 174 valence electrons. The quantitative estimate of drug-likeness (QED) is 0.382. The van der Waals surface area contributed by atoms with Gasteiger partial charge in [-0.2, -0.15) is 0 Å². The summed E-state index contributed by atoms with van der Waals surface area (Å²) < 4.78 is 5.28. The minimum absolute atomic E-state index is 0.723. The molecule has 1 aromatic heterocycles. The molecule has 0 spiro atoms. The van der Waals surface area contributed by atoms with Gasteiger partial charge < -0.3 is 15.0 Å². The van der Waals surface area contributed by atoms with Crippen LogP contribution in [0.2, 0.25) is 0 Å². The molecule has 34 heavy (non-hydrogen) atoms. The average molecular weight is 454 g/mol. The van der Waals surface area contributed by atoms with Crippen LogP contribution in [0.3, 0.4) is 0 Å². The van der Waals surface area contributed by atoms with Crippen molar-refractivity contribution in [2.45, 2.75) is 6.42 Å². The van der Waals surface area contributed by atoms with Crippen molar-refractivity contribution in [3.8, 4) is 17.1 Å². The first kappa shape index (κ1) is 22.2. The van der Waals surface area contributed by atoms with Crippen molar-refractivity contribution < 1.29 is 4.74 Å². The Morgan fingerprint density at radius 1 is 0.824 bits per heavy atom. The van der Waals surface area contributed by atoms with E-state index in [1.807, 2.05) is 42.5 Å². The third-order valence-corrected chi connectivity index (χ3v) is 6.39. The molecule has 0 amide bonds. The van der Waals surface area contributed by atoms with Crippen molar-refractivity contribution in [3.05, 3.63) is 78.9 Å². The Morgan fingerprint density at radius 2 is 1.56 bits per heavy atom. The van der Waals surface area contributed by atoms with E-state index in [4.69, 9.17) is 14.7 Å². The van der Waals surface area contributed by atoms with Crippen LogP contribution in [0.1, 0.15) is 6.42 Å². The molecule has 0 atom stereocenters. The van der Waals surface area contributed by atoms with Crippen LogP contribution in [0, 0.1) is 0 Å². The van der Waals surface area contributed by atoms with E-state index in [0.717, 1.165) is 79.5 Å². The number of nitrogens with one attached hydrogen (secondary N) is 1. The molecule has 1 aliphatic rings. The monoisotopic (exact) mass is 453 g/mol. The second-order valence-corrected chi connectivity index (χ2v) is 8.59. The molecule has 1 saturated heterocycles. The number of hydrogen-bond donors (Lipinski definition) is 1. The van der Waals surface area contributed by atoms with E-state index in [9.17, 15) is 0 Å². The molecule has 4 aromatic rings. The van der Waals surface area contributed by atoms with Gasteiger partial charge in [-0.05, 0) is 61.5 Å². The summed E-state index contributed by atoms with van der Waals surface area (Å²) in [7, 11) is 1.67. The second kappa shape index (κ2) is 10.5. The summed E-state index contributed by atoms with van der Waals surface area (Å²) in [5, 5.41) is 4.63. The predicted molar refractivity (Wildman–Crippen MR) is 140 cm³/mol. The van der Waals surface area contributed by atoms with Crippen LogP contribution >= 0.6 is 0 Å². The number of fused-ring (bicyclic) bond motifs is 1. The second-order valence-electron chi connectivity index (χ2n) is 8.59. The van der Waals surface area contributed by atoms with E-state index < -0.39 is 0 Å². The molecule has 6 heteroatoms. The molecular formula is C28H31N5O. The molecule has 1 aliphatic heterocycles. The Labute approximate surface area is 201 Å². The number of rotatable bonds is 8. The fourth-order valence-corrected chi connectivity index (χ4v) is 4.46. The van der Waals surface area contributed by atoms with Crippen LogP contribution in [0.5, 0.6) is 5.75 Å². The topological polar surface area (TPSA) is 53.5 Å². The zero-order chi connectivity index (χ0) is 23.2. The first-order valence-electron chi connectivity index (χ1n) is 12.0. The van der Waals surface area contributed by atoms with E-state index in [0.29, 0.717) is 0 Å². The van der Waals surface area contributed by atoms with Gasteiger partial charge in [-0.25, -0.2) is 9.97 Å². The number of aromatic nitrogens is 2. The van der Waals surface area contributed by atoms with E-state index in [2.05, 4.69) is 51.5 Å². The molecule has 6 nitrogen and oxygen atoms in total. The van der Waals surface area contributed by atoms with Gasteiger partial charge in [0.25, 0.3) is 0 Å². The van der Waals surface area contributed by atoms with Gasteiger partial charge >= 0.3 is 0 Å². The SMILES string of the molecule is COc1ccc(-c2nc(NCCCN3CCN(c4ccccc4)CC3)c3ccccc3n2)cc1. The summed E-state index contributed by atoms with van der Waals surface area (Å²) in [6.45, 7) is 6.34. The van der Waals surface area contributed by atoms with Gasteiger partial charge in [-0.3, -0.25) is 4.90 Å². The molecule has 0 unspecified atom stereocenters. The highest BCUT2D eigenvalue weighted by Gasteiger charge is 2.16.